The van der Waals surface area contributed by atoms with Crippen LogP contribution in [0.3, 0.4) is 0 Å². The van der Waals surface area contributed by atoms with Crippen LogP contribution in [0.5, 0.6) is 0 Å². The molecule has 1 unspecified atom stereocenters. The van der Waals surface area contributed by atoms with Gasteiger partial charge >= 0.3 is 5.82 Å². The summed E-state index contributed by atoms with van der Waals surface area (Å²) in [6, 6.07) is 1.42. The molecule has 2 heterocycles. The first-order chi connectivity index (χ1) is 8.99. The summed E-state index contributed by atoms with van der Waals surface area (Å²) >= 11 is 0. The van der Waals surface area contributed by atoms with Crippen LogP contribution in [-0.2, 0) is 11.3 Å². The fraction of sp³-hybridized carbons (Fsp3) is 0.667. The van der Waals surface area contributed by atoms with Crippen LogP contribution >= 0.6 is 0 Å². The smallest absolute Gasteiger partial charge is 0.358 e. The van der Waals surface area contributed by atoms with Crippen molar-refractivity contribution in [3.8, 4) is 0 Å². The van der Waals surface area contributed by atoms with Gasteiger partial charge in [-0.2, -0.15) is 4.68 Å². The highest BCUT2D eigenvalue weighted by Gasteiger charge is 2.25. The largest absolute Gasteiger partial charge is 0.390 e. The standard InChI is InChI=1S/C12H18N4O3/c1-9(12(17)14-5-3-4-6-14)8-15-10(2)7-11(13-15)16(18)19/h7,9H,3-6,8H2,1-2H3. The van der Waals surface area contributed by atoms with Gasteiger partial charge in [0.05, 0.1) is 29.3 Å². The monoisotopic (exact) mass is 266 g/mol. The van der Waals surface area contributed by atoms with Gasteiger partial charge in [-0.15, -0.1) is 0 Å². The molecule has 1 aliphatic rings. The van der Waals surface area contributed by atoms with Gasteiger partial charge in [-0.3, -0.25) is 4.79 Å². The lowest BCUT2D eigenvalue weighted by atomic mass is 10.1. The molecule has 0 aliphatic carbocycles. The van der Waals surface area contributed by atoms with Crippen LogP contribution in [0.25, 0.3) is 0 Å². The summed E-state index contributed by atoms with van der Waals surface area (Å²) in [4.78, 5) is 24.1. The number of hydrogen-bond donors (Lipinski definition) is 0. The first-order valence-electron chi connectivity index (χ1n) is 6.46. The van der Waals surface area contributed by atoms with Crippen LogP contribution in [0, 0.1) is 23.0 Å². The maximum atomic E-state index is 12.2. The first kappa shape index (κ1) is 13.5. The van der Waals surface area contributed by atoms with E-state index in [1.54, 1.807) is 6.92 Å². The van der Waals surface area contributed by atoms with Gasteiger partial charge in [0, 0.05) is 13.1 Å². The molecule has 0 spiro atoms. The minimum atomic E-state index is -0.517. The van der Waals surface area contributed by atoms with Gasteiger partial charge in [0.1, 0.15) is 0 Å². The Kier molecular flexibility index (Phi) is 3.82. The molecule has 1 amide bonds. The third-order valence-electron chi connectivity index (χ3n) is 3.44. The predicted octanol–water partition coefficient (Wildman–Crippen LogP) is 1.36. The number of hydrogen-bond acceptors (Lipinski definition) is 4. The average molecular weight is 266 g/mol. The van der Waals surface area contributed by atoms with E-state index < -0.39 is 4.92 Å². The van der Waals surface area contributed by atoms with Crippen molar-refractivity contribution in [1.29, 1.82) is 0 Å². The van der Waals surface area contributed by atoms with Crippen LogP contribution in [0.1, 0.15) is 25.5 Å². The predicted molar refractivity (Wildman–Crippen MR) is 68.6 cm³/mol. The summed E-state index contributed by atoms with van der Waals surface area (Å²) in [5, 5.41) is 14.6. The van der Waals surface area contributed by atoms with Gasteiger partial charge in [0.15, 0.2) is 0 Å². The van der Waals surface area contributed by atoms with Crippen molar-refractivity contribution in [2.45, 2.75) is 33.2 Å². The molecule has 0 N–H and O–H groups in total. The van der Waals surface area contributed by atoms with E-state index in [4.69, 9.17) is 0 Å². The molecule has 1 fully saturated rings. The van der Waals surface area contributed by atoms with E-state index in [-0.39, 0.29) is 17.6 Å². The molecule has 0 aromatic carbocycles. The van der Waals surface area contributed by atoms with Crippen LogP contribution in [0.15, 0.2) is 6.07 Å². The molecular formula is C12H18N4O3. The van der Waals surface area contributed by atoms with Crippen molar-refractivity contribution in [3.63, 3.8) is 0 Å². The summed E-state index contributed by atoms with van der Waals surface area (Å²) in [7, 11) is 0. The lowest BCUT2D eigenvalue weighted by molar-refractivity contribution is -0.389. The number of carbonyl (C=O) groups is 1. The Hall–Kier alpha value is -1.92. The normalized spacial score (nSPS) is 16.6. The summed E-state index contributed by atoms with van der Waals surface area (Å²) in [5.41, 5.74) is 0.702. The molecule has 1 aromatic rings. The number of rotatable bonds is 4. The molecule has 0 radical (unpaired) electrons. The number of carbonyl (C=O) groups excluding carboxylic acids is 1. The van der Waals surface area contributed by atoms with Crippen molar-refractivity contribution in [2.75, 3.05) is 13.1 Å². The molecule has 104 valence electrons. The highest BCUT2D eigenvalue weighted by molar-refractivity contribution is 5.78. The number of likely N-dealkylation sites (tertiary alicyclic amines) is 1. The zero-order valence-corrected chi connectivity index (χ0v) is 11.2. The van der Waals surface area contributed by atoms with Crippen LogP contribution in [0.2, 0.25) is 0 Å². The van der Waals surface area contributed by atoms with Gasteiger partial charge in [-0.1, -0.05) is 6.92 Å². The van der Waals surface area contributed by atoms with E-state index in [2.05, 4.69) is 5.10 Å². The lowest BCUT2D eigenvalue weighted by Gasteiger charge is -2.19. The summed E-state index contributed by atoms with van der Waals surface area (Å²) in [6.07, 6.45) is 2.12. The molecule has 1 atom stereocenters. The summed E-state index contributed by atoms with van der Waals surface area (Å²) in [5.74, 6) is -0.273. The Balaban J connectivity index is 2.03. The molecule has 7 heteroatoms. The number of aromatic nitrogens is 2. The van der Waals surface area contributed by atoms with E-state index >= 15 is 0 Å². The molecular weight excluding hydrogens is 248 g/mol. The highest BCUT2D eigenvalue weighted by Crippen LogP contribution is 2.16. The molecule has 7 nitrogen and oxygen atoms in total. The molecule has 19 heavy (non-hydrogen) atoms. The van der Waals surface area contributed by atoms with Crippen LogP contribution < -0.4 is 0 Å². The molecule has 1 aliphatic heterocycles. The lowest BCUT2D eigenvalue weighted by Crippen LogP contribution is -2.34. The van der Waals surface area contributed by atoms with E-state index in [0.717, 1.165) is 25.9 Å². The van der Waals surface area contributed by atoms with Gasteiger partial charge < -0.3 is 15.0 Å². The van der Waals surface area contributed by atoms with E-state index in [0.29, 0.717) is 12.2 Å². The minimum Gasteiger partial charge on any atom is -0.358 e. The van der Waals surface area contributed by atoms with Crippen molar-refractivity contribution in [2.24, 2.45) is 5.92 Å². The number of nitro groups is 1. The fourth-order valence-electron chi connectivity index (χ4n) is 2.35. The third kappa shape index (κ3) is 2.91. The van der Waals surface area contributed by atoms with E-state index in [9.17, 15) is 14.9 Å². The summed E-state index contributed by atoms with van der Waals surface area (Å²) in [6.45, 7) is 5.62. The van der Waals surface area contributed by atoms with Crippen molar-refractivity contribution in [3.05, 3.63) is 21.9 Å². The molecule has 0 bridgehead atoms. The molecule has 2 rings (SSSR count). The zero-order valence-electron chi connectivity index (χ0n) is 11.2. The Bertz CT molecular complexity index is 491. The zero-order chi connectivity index (χ0) is 14.0. The van der Waals surface area contributed by atoms with Gasteiger partial charge in [-0.05, 0) is 24.7 Å². The van der Waals surface area contributed by atoms with E-state index in [1.165, 1.54) is 10.7 Å². The Morgan fingerprint density at radius 2 is 2.16 bits per heavy atom. The number of nitrogens with zero attached hydrogens (tertiary/aromatic N) is 4. The summed E-state index contributed by atoms with van der Waals surface area (Å²) < 4.78 is 1.54. The third-order valence-corrected chi connectivity index (χ3v) is 3.44. The number of aryl methyl sites for hydroxylation is 1. The maximum Gasteiger partial charge on any atom is 0.390 e. The quantitative estimate of drug-likeness (QED) is 0.608. The van der Waals surface area contributed by atoms with Gasteiger partial charge in [0.25, 0.3) is 0 Å². The van der Waals surface area contributed by atoms with E-state index in [1.807, 2.05) is 11.8 Å². The van der Waals surface area contributed by atoms with Gasteiger partial charge in [0.2, 0.25) is 5.91 Å². The fourth-order valence-corrected chi connectivity index (χ4v) is 2.35. The van der Waals surface area contributed by atoms with Crippen LogP contribution in [0.4, 0.5) is 5.82 Å². The molecule has 1 saturated heterocycles. The molecule has 0 saturated carbocycles. The number of amides is 1. The Morgan fingerprint density at radius 1 is 1.53 bits per heavy atom. The van der Waals surface area contributed by atoms with Crippen molar-refractivity contribution >= 4 is 11.7 Å². The SMILES string of the molecule is Cc1cc([N+](=O)[O-])nn1CC(C)C(=O)N1CCCC1. The first-order valence-corrected chi connectivity index (χ1v) is 6.46. The Morgan fingerprint density at radius 3 is 2.68 bits per heavy atom. The second kappa shape index (κ2) is 5.38. The average Bonchev–Trinajstić information content (AvgIpc) is 2.99. The topological polar surface area (TPSA) is 81.3 Å². The van der Waals surface area contributed by atoms with Crippen molar-refractivity contribution in [1.82, 2.24) is 14.7 Å². The Labute approximate surface area is 111 Å². The second-order valence-electron chi connectivity index (χ2n) is 5.02. The highest BCUT2D eigenvalue weighted by atomic mass is 16.6. The van der Waals surface area contributed by atoms with Crippen LogP contribution in [-0.4, -0.2) is 38.6 Å². The van der Waals surface area contributed by atoms with Gasteiger partial charge in [-0.25, -0.2) is 0 Å². The minimum absolute atomic E-state index is 0.107. The molecule has 1 aromatic heterocycles. The van der Waals surface area contributed by atoms with Crippen molar-refractivity contribution < 1.29 is 9.72 Å². The second-order valence-corrected chi connectivity index (χ2v) is 5.02. The maximum absolute atomic E-state index is 12.2.